The van der Waals surface area contributed by atoms with Crippen molar-refractivity contribution in [2.45, 2.75) is 0 Å². The second-order valence-electron chi connectivity index (χ2n) is 5.62. The third-order valence-electron chi connectivity index (χ3n) is 3.98. The second kappa shape index (κ2) is 6.60. The molecular weight excluding hydrogens is 336 g/mol. The van der Waals surface area contributed by atoms with E-state index in [1.807, 2.05) is 0 Å². The van der Waals surface area contributed by atoms with Crippen molar-refractivity contribution in [2.24, 2.45) is 0 Å². The Labute approximate surface area is 148 Å². The highest BCUT2D eigenvalue weighted by Crippen LogP contribution is 2.37. The molecule has 0 fully saturated rings. The number of aromatic hydroxyl groups is 2. The summed E-state index contributed by atoms with van der Waals surface area (Å²) in [5, 5.41) is 38.2. The predicted octanol–water partition coefficient (Wildman–Crippen LogP) is 3.83. The summed E-state index contributed by atoms with van der Waals surface area (Å²) in [5.41, 5.74) is 1.12. The number of carboxylic acid groups (broad SMARTS) is 2. The first kappa shape index (κ1) is 17.0. The van der Waals surface area contributed by atoms with Gasteiger partial charge in [-0.2, -0.15) is 0 Å². The molecule has 4 N–H and O–H groups in total. The lowest BCUT2D eigenvalue weighted by atomic mass is 9.89. The van der Waals surface area contributed by atoms with E-state index in [9.17, 15) is 30.0 Å². The highest BCUT2D eigenvalue weighted by molar-refractivity contribution is 6.07. The largest absolute Gasteiger partial charge is 0.508 e. The molecule has 0 aromatic heterocycles. The first-order chi connectivity index (χ1) is 12.4. The van der Waals surface area contributed by atoms with Crippen LogP contribution in [0.1, 0.15) is 20.7 Å². The third kappa shape index (κ3) is 3.08. The van der Waals surface area contributed by atoms with E-state index in [1.165, 1.54) is 42.5 Å². The molecule has 0 spiro atoms. The van der Waals surface area contributed by atoms with Gasteiger partial charge in [0.25, 0.3) is 0 Å². The molecule has 0 aliphatic rings. The molecule has 6 heteroatoms. The van der Waals surface area contributed by atoms with Crippen LogP contribution in [0.2, 0.25) is 0 Å². The van der Waals surface area contributed by atoms with Crippen molar-refractivity contribution < 1.29 is 30.0 Å². The highest BCUT2D eigenvalue weighted by atomic mass is 16.4. The maximum Gasteiger partial charge on any atom is 0.337 e. The van der Waals surface area contributed by atoms with Crippen LogP contribution in [0.5, 0.6) is 11.5 Å². The van der Waals surface area contributed by atoms with Gasteiger partial charge < -0.3 is 20.4 Å². The Kier molecular flexibility index (Phi) is 4.33. The van der Waals surface area contributed by atoms with Crippen LogP contribution in [0.15, 0.2) is 60.7 Å². The van der Waals surface area contributed by atoms with Crippen LogP contribution in [-0.2, 0) is 0 Å². The molecule has 0 atom stereocenters. The highest BCUT2D eigenvalue weighted by Gasteiger charge is 2.22. The molecule has 0 aliphatic carbocycles. The van der Waals surface area contributed by atoms with Gasteiger partial charge in [-0.1, -0.05) is 30.3 Å². The number of carbonyl (C=O) groups is 2. The average Bonchev–Trinajstić information content (AvgIpc) is 2.61. The van der Waals surface area contributed by atoms with Crippen molar-refractivity contribution in [1.82, 2.24) is 0 Å². The summed E-state index contributed by atoms with van der Waals surface area (Å²) in [6.07, 6.45) is 0. The molecule has 3 aromatic carbocycles. The molecule has 0 saturated carbocycles. The number of hydrogen-bond acceptors (Lipinski definition) is 4. The number of phenols is 2. The summed E-state index contributed by atoms with van der Waals surface area (Å²) in [4.78, 5) is 23.2. The SMILES string of the molecule is O=C(O)c1cccc(-c2cc(O)ccc2-c2ccc(O)cc2)c1C(=O)O. The zero-order chi connectivity index (χ0) is 18.8. The van der Waals surface area contributed by atoms with Gasteiger partial charge in [0.05, 0.1) is 11.1 Å². The standard InChI is InChI=1S/C20H14O6/c21-12-6-4-11(5-7-12)14-9-8-13(22)10-17(14)15-2-1-3-16(19(23)24)18(15)20(25)26/h1-10,21-22H,(H,23,24)(H,25,26). The Morgan fingerprint density at radius 2 is 1.31 bits per heavy atom. The van der Waals surface area contributed by atoms with Crippen LogP contribution in [0, 0.1) is 0 Å². The summed E-state index contributed by atoms with van der Waals surface area (Å²) >= 11 is 0. The minimum Gasteiger partial charge on any atom is -0.508 e. The molecule has 3 rings (SSSR count). The molecular formula is C20H14O6. The van der Waals surface area contributed by atoms with Crippen molar-refractivity contribution in [3.63, 3.8) is 0 Å². The first-order valence-corrected chi connectivity index (χ1v) is 7.61. The molecule has 0 heterocycles. The van der Waals surface area contributed by atoms with Gasteiger partial charge in [-0.15, -0.1) is 0 Å². The summed E-state index contributed by atoms with van der Waals surface area (Å²) in [7, 11) is 0. The molecule has 130 valence electrons. The Morgan fingerprint density at radius 1 is 0.654 bits per heavy atom. The zero-order valence-electron chi connectivity index (χ0n) is 13.4. The molecule has 0 unspecified atom stereocenters. The fraction of sp³-hybridized carbons (Fsp3) is 0. The summed E-state index contributed by atoms with van der Waals surface area (Å²) in [5.74, 6) is -2.73. The van der Waals surface area contributed by atoms with Crippen LogP contribution >= 0.6 is 0 Å². The minimum absolute atomic E-state index is 0.0770. The topological polar surface area (TPSA) is 115 Å². The number of aromatic carboxylic acids is 2. The van der Waals surface area contributed by atoms with E-state index in [0.29, 0.717) is 16.7 Å². The summed E-state index contributed by atoms with van der Waals surface area (Å²) in [6.45, 7) is 0. The molecule has 0 aliphatic heterocycles. The van der Waals surface area contributed by atoms with Crippen LogP contribution in [0.4, 0.5) is 0 Å². The van der Waals surface area contributed by atoms with E-state index in [0.717, 1.165) is 0 Å². The smallest absolute Gasteiger partial charge is 0.337 e. The van der Waals surface area contributed by atoms with Gasteiger partial charge in [0, 0.05) is 0 Å². The van der Waals surface area contributed by atoms with E-state index >= 15 is 0 Å². The monoisotopic (exact) mass is 350 g/mol. The van der Waals surface area contributed by atoms with Gasteiger partial charge in [0.15, 0.2) is 0 Å². The lowest BCUT2D eigenvalue weighted by Crippen LogP contribution is -2.10. The fourth-order valence-corrected chi connectivity index (χ4v) is 2.83. The minimum atomic E-state index is -1.38. The molecule has 26 heavy (non-hydrogen) atoms. The van der Waals surface area contributed by atoms with Gasteiger partial charge in [-0.25, -0.2) is 9.59 Å². The number of hydrogen-bond donors (Lipinski definition) is 4. The maximum absolute atomic E-state index is 11.7. The molecule has 6 nitrogen and oxygen atoms in total. The van der Waals surface area contributed by atoms with Crippen LogP contribution in [0.25, 0.3) is 22.3 Å². The van der Waals surface area contributed by atoms with Gasteiger partial charge in [0.1, 0.15) is 11.5 Å². The first-order valence-electron chi connectivity index (χ1n) is 7.61. The van der Waals surface area contributed by atoms with E-state index in [4.69, 9.17) is 0 Å². The lowest BCUT2D eigenvalue weighted by molar-refractivity contribution is 0.0652. The van der Waals surface area contributed by atoms with Gasteiger partial charge in [-0.05, 0) is 52.6 Å². The Bertz CT molecular complexity index is 1010. The quantitative estimate of drug-likeness (QED) is 0.568. The molecule has 3 aromatic rings. The Balaban J connectivity index is 2.33. The molecule has 0 amide bonds. The number of carboxylic acids is 2. The summed E-state index contributed by atoms with van der Waals surface area (Å²) < 4.78 is 0. The number of rotatable bonds is 4. The van der Waals surface area contributed by atoms with Crippen LogP contribution in [0.3, 0.4) is 0 Å². The van der Waals surface area contributed by atoms with Crippen molar-refractivity contribution in [3.8, 4) is 33.8 Å². The van der Waals surface area contributed by atoms with Crippen LogP contribution < -0.4 is 0 Å². The average molecular weight is 350 g/mol. The number of phenolic OH excluding ortho intramolecular Hbond substituents is 2. The van der Waals surface area contributed by atoms with E-state index in [2.05, 4.69) is 0 Å². The number of benzene rings is 3. The van der Waals surface area contributed by atoms with Gasteiger partial charge >= 0.3 is 11.9 Å². The Hall–Kier alpha value is -3.80. The van der Waals surface area contributed by atoms with E-state index < -0.39 is 11.9 Å². The zero-order valence-corrected chi connectivity index (χ0v) is 13.4. The maximum atomic E-state index is 11.7. The van der Waals surface area contributed by atoms with Crippen molar-refractivity contribution in [2.75, 3.05) is 0 Å². The predicted molar refractivity (Wildman–Crippen MR) is 94.6 cm³/mol. The van der Waals surface area contributed by atoms with Crippen molar-refractivity contribution >= 4 is 11.9 Å². The van der Waals surface area contributed by atoms with Crippen molar-refractivity contribution in [3.05, 3.63) is 71.8 Å². The molecule has 0 bridgehead atoms. The molecule has 0 saturated heterocycles. The Morgan fingerprint density at radius 3 is 1.92 bits per heavy atom. The molecule has 0 radical (unpaired) electrons. The van der Waals surface area contributed by atoms with Gasteiger partial charge in [0.2, 0.25) is 0 Å². The normalized spacial score (nSPS) is 10.5. The van der Waals surface area contributed by atoms with Crippen LogP contribution in [-0.4, -0.2) is 32.4 Å². The van der Waals surface area contributed by atoms with Gasteiger partial charge in [-0.3, -0.25) is 0 Å². The van der Waals surface area contributed by atoms with Crippen molar-refractivity contribution in [1.29, 1.82) is 0 Å². The second-order valence-corrected chi connectivity index (χ2v) is 5.62. The summed E-state index contributed by atoms with van der Waals surface area (Å²) in [6, 6.07) is 14.9. The third-order valence-corrected chi connectivity index (χ3v) is 3.98. The fourth-order valence-electron chi connectivity index (χ4n) is 2.83. The van der Waals surface area contributed by atoms with E-state index in [1.54, 1.807) is 18.2 Å². The lowest BCUT2D eigenvalue weighted by Gasteiger charge is -2.14. The van der Waals surface area contributed by atoms with E-state index in [-0.39, 0.29) is 28.2 Å².